The molecular weight excluding hydrogens is 364 g/mol. The molecule has 8 heteroatoms. The Hall–Kier alpha value is -3.19. The predicted molar refractivity (Wildman–Crippen MR) is 105 cm³/mol. The molecule has 136 valence electrons. The molecule has 1 atom stereocenters. The van der Waals surface area contributed by atoms with Crippen LogP contribution in [0.4, 0.5) is 5.82 Å². The maximum absolute atomic E-state index is 12.4. The van der Waals surface area contributed by atoms with Gasteiger partial charge in [0.25, 0.3) is 5.56 Å². The van der Waals surface area contributed by atoms with E-state index in [2.05, 4.69) is 25.8 Å². The Kier molecular flexibility index (Phi) is 4.60. The van der Waals surface area contributed by atoms with E-state index in [0.29, 0.717) is 28.4 Å². The second-order valence-electron chi connectivity index (χ2n) is 6.21. The van der Waals surface area contributed by atoms with Gasteiger partial charge in [0.2, 0.25) is 0 Å². The van der Waals surface area contributed by atoms with Gasteiger partial charge >= 0.3 is 0 Å². The minimum absolute atomic E-state index is 0.0125. The molecule has 27 heavy (non-hydrogen) atoms. The van der Waals surface area contributed by atoms with Crippen LogP contribution in [0.2, 0.25) is 5.02 Å². The van der Waals surface area contributed by atoms with E-state index in [9.17, 15) is 4.79 Å². The molecule has 0 unspecified atom stereocenters. The van der Waals surface area contributed by atoms with Crippen molar-refractivity contribution in [1.29, 1.82) is 0 Å². The maximum atomic E-state index is 12.4. The van der Waals surface area contributed by atoms with Gasteiger partial charge in [-0.1, -0.05) is 65.3 Å². The van der Waals surface area contributed by atoms with Gasteiger partial charge in [-0.2, -0.15) is 5.10 Å². The van der Waals surface area contributed by atoms with E-state index in [1.165, 1.54) is 4.68 Å². The van der Waals surface area contributed by atoms with Crippen molar-refractivity contribution in [1.82, 2.24) is 25.2 Å². The number of halogens is 1. The minimum Gasteiger partial charge on any atom is -0.360 e. The molecule has 2 heterocycles. The van der Waals surface area contributed by atoms with Crippen LogP contribution in [0.1, 0.15) is 24.1 Å². The van der Waals surface area contributed by atoms with E-state index in [4.69, 9.17) is 11.6 Å². The third kappa shape index (κ3) is 3.41. The summed E-state index contributed by atoms with van der Waals surface area (Å²) in [4.78, 5) is 12.4. The zero-order valence-corrected chi connectivity index (χ0v) is 15.3. The summed E-state index contributed by atoms with van der Waals surface area (Å²) in [7, 11) is 0. The summed E-state index contributed by atoms with van der Waals surface area (Å²) in [6.45, 7) is 2.36. The molecule has 0 aliphatic carbocycles. The summed E-state index contributed by atoms with van der Waals surface area (Å²) in [5.74, 6) is 0.478. The number of aromatic nitrogens is 5. The molecule has 7 nitrogen and oxygen atoms in total. The molecule has 0 amide bonds. The first-order valence-corrected chi connectivity index (χ1v) is 8.88. The van der Waals surface area contributed by atoms with E-state index in [1.807, 2.05) is 55.5 Å². The number of H-pyrrole nitrogens is 1. The van der Waals surface area contributed by atoms with Crippen LogP contribution in [0.3, 0.4) is 0 Å². The molecule has 2 aromatic carbocycles. The zero-order valence-electron chi connectivity index (χ0n) is 14.6. The van der Waals surface area contributed by atoms with Crippen LogP contribution in [-0.2, 0) is 6.54 Å². The quantitative estimate of drug-likeness (QED) is 0.554. The average molecular weight is 381 g/mol. The molecule has 0 aliphatic rings. The highest BCUT2D eigenvalue weighted by atomic mass is 35.5. The maximum Gasteiger partial charge on any atom is 0.292 e. The van der Waals surface area contributed by atoms with Crippen LogP contribution >= 0.6 is 11.6 Å². The Labute approximate surface area is 160 Å². The monoisotopic (exact) mass is 380 g/mol. The Morgan fingerprint density at radius 3 is 2.67 bits per heavy atom. The van der Waals surface area contributed by atoms with Gasteiger partial charge in [-0.15, -0.1) is 5.10 Å². The van der Waals surface area contributed by atoms with Crippen molar-refractivity contribution in [3.05, 3.63) is 81.1 Å². The number of hydrogen-bond donors (Lipinski definition) is 2. The lowest BCUT2D eigenvalue weighted by molar-refractivity contribution is 0.667. The first-order chi connectivity index (χ1) is 13.1. The molecule has 2 aromatic heterocycles. The lowest BCUT2D eigenvalue weighted by atomic mass is 10.1. The number of anilines is 1. The van der Waals surface area contributed by atoms with Gasteiger partial charge < -0.3 is 5.32 Å². The van der Waals surface area contributed by atoms with Gasteiger partial charge in [0, 0.05) is 5.02 Å². The van der Waals surface area contributed by atoms with Gasteiger partial charge in [0.05, 0.1) is 12.6 Å². The standard InChI is InChI=1S/C19H17ClN6O/c1-12(13-7-3-2-4-8-13)21-18-16-17(19(27)24-23-18)26(25-22-16)11-14-9-5-6-10-15(14)20/h2-10,12H,11H2,1H3,(H,21,23)(H,24,27)/t12-/m1/s1. The Morgan fingerprint density at radius 2 is 1.89 bits per heavy atom. The predicted octanol–water partition coefficient (Wildman–Crippen LogP) is 3.39. The molecule has 0 fully saturated rings. The third-order valence-corrected chi connectivity index (χ3v) is 4.74. The molecule has 0 spiro atoms. The highest BCUT2D eigenvalue weighted by molar-refractivity contribution is 6.31. The Bertz CT molecular complexity index is 1140. The fourth-order valence-electron chi connectivity index (χ4n) is 2.94. The van der Waals surface area contributed by atoms with Crippen molar-refractivity contribution in [2.45, 2.75) is 19.5 Å². The van der Waals surface area contributed by atoms with Crippen LogP contribution in [0, 0.1) is 0 Å². The fourth-order valence-corrected chi connectivity index (χ4v) is 3.13. The van der Waals surface area contributed by atoms with Crippen molar-refractivity contribution in [2.75, 3.05) is 5.32 Å². The number of nitrogens with zero attached hydrogens (tertiary/aromatic N) is 4. The number of fused-ring (bicyclic) bond motifs is 1. The number of benzene rings is 2. The summed E-state index contributed by atoms with van der Waals surface area (Å²) in [5.41, 5.74) is 2.39. The molecule has 0 radical (unpaired) electrons. The summed E-state index contributed by atoms with van der Waals surface area (Å²) in [5, 5.41) is 18.9. The Balaban J connectivity index is 1.70. The van der Waals surface area contributed by atoms with E-state index < -0.39 is 0 Å². The fraction of sp³-hybridized carbons (Fsp3) is 0.158. The normalized spacial score (nSPS) is 12.2. The Morgan fingerprint density at radius 1 is 1.15 bits per heavy atom. The zero-order chi connectivity index (χ0) is 18.8. The van der Waals surface area contributed by atoms with E-state index in [-0.39, 0.29) is 11.6 Å². The minimum atomic E-state index is -0.347. The third-order valence-electron chi connectivity index (χ3n) is 4.37. The number of aromatic amines is 1. The SMILES string of the molecule is C[C@@H](Nc1n[nH]c(=O)c2c1nnn2Cc1ccccc1Cl)c1ccccc1. The summed E-state index contributed by atoms with van der Waals surface area (Å²) in [6, 6.07) is 17.4. The van der Waals surface area contributed by atoms with Gasteiger partial charge in [-0.3, -0.25) is 4.79 Å². The second kappa shape index (κ2) is 7.20. The van der Waals surface area contributed by atoms with Crippen molar-refractivity contribution >= 4 is 28.5 Å². The van der Waals surface area contributed by atoms with Crippen LogP contribution in [0.25, 0.3) is 11.0 Å². The molecule has 0 saturated carbocycles. The van der Waals surface area contributed by atoms with Gasteiger partial charge in [-0.05, 0) is 24.1 Å². The van der Waals surface area contributed by atoms with Crippen LogP contribution < -0.4 is 10.9 Å². The average Bonchev–Trinajstić information content (AvgIpc) is 3.11. The number of rotatable bonds is 5. The highest BCUT2D eigenvalue weighted by Gasteiger charge is 2.17. The van der Waals surface area contributed by atoms with Crippen molar-refractivity contribution in [2.24, 2.45) is 0 Å². The summed E-state index contributed by atoms with van der Waals surface area (Å²) < 4.78 is 1.54. The van der Waals surface area contributed by atoms with Crippen LogP contribution in [-0.4, -0.2) is 25.2 Å². The van der Waals surface area contributed by atoms with Gasteiger partial charge in [-0.25, -0.2) is 9.78 Å². The lowest BCUT2D eigenvalue weighted by Gasteiger charge is -2.14. The van der Waals surface area contributed by atoms with E-state index in [0.717, 1.165) is 11.1 Å². The number of hydrogen-bond acceptors (Lipinski definition) is 5. The van der Waals surface area contributed by atoms with Crippen LogP contribution in [0.15, 0.2) is 59.4 Å². The first kappa shape index (κ1) is 17.2. The number of nitrogens with one attached hydrogen (secondary N) is 2. The smallest absolute Gasteiger partial charge is 0.292 e. The highest BCUT2D eigenvalue weighted by Crippen LogP contribution is 2.22. The van der Waals surface area contributed by atoms with Crippen molar-refractivity contribution in [3.8, 4) is 0 Å². The van der Waals surface area contributed by atoms with Gasteiger partial charge in [0.15, 0.2) is 16.9 Å². The molecule has 0 saturated heterocycles. The summed E-state index contributed by atoms with van der Waals surface area (Å²) in [6.07, 6.45) is 0. The van der Waals surface area contributed by atoms with Crippen molar-refractivity contribution < 1.29 is 0 Å². The second-order valence-corrected chi connectivity index (χ2v) is 6.62. The molecule has 2 N–H and O–H groups in total. The van der Waals surface area contributed by atoms with E-state index >= 15 is 0 Å². The van der Waals surface area contributed by atoms with Crippen molar-refractivity contribution in [3.63, 3.8) is 0 Å². The van der Waals surface area contributed by atoms with E-state index in [1.54, 1.807) is 6.07 Å². The largest absolute Gasteiger partial charge is 0.360 e. The molecular formula is C19H17ClN6O. The molecule has 0 bridgehead atoms. The van der Waals surface area contributed by atoms with Crippen LogP contribution in [0.5, 0.6) is 0 Å². The lowest BCUT2D eigenvalue weighted by Crippen LogP contribution is -2.17. The van der Waals surface area contributed by atoms with Gasteiger partial charge in [0.1, 0.15) is 0 Å². The molecule has 4 aromatic rings. The first-order valence-electron chi connectivity index (χ1n) is 8.50. The molecule has 4 rings (SSSR count). The topological polar surface area (TPSA) is 88.5 Å². The summed E-state index contributed by atoms with van der Waals surface area (Å²) >= 11 is 6.23. The molecule has 0 aliphatic heterocycles.